The van der Waals surface area contributed by atoms with Crippen molar-refractivity contribution in [3.8, 4) is 0 Å². The maximum absolute atomic E-state index is 12.0. The van der Waals surface area contributed by atoms with Crippen molar-refractivity contribution in [2.45, 2.75) is 5.92 Å². The summed E-state index contributed by atoms with van der Waals surface area (Å²) in [5.41, 5.74) is 1.32. The van der Waals surface area contributed by atoms with Crippen molar-refractivity contribution < 1.29 is 13.5 Å². The lowest BCUT2D eigenvalue weighted by atomic mass is 9.98. The monoisotopic (exact) mass is 296 g/mol. The van der Waals surface area contributed by atoms with Crippen molar-refractivity contribution in [2.75, 3.05) is 20.7 Å². The zero-order chi connectivity index (χ0) is 14.8. The van der Waals surface area contributed by atoms with E-state index in [1.54, 1.807) is 24.5 Å². The Balaban J connectivity index is 2.37. The molecular formula is C12H16N4O3S. The van der Waals surface area contributed by atoms with Crippen LogP contribution in [0.5, 0.6) is 0 Å². The summed E-state index contributed by atoms with van der Waals surface area (Å²) in [5.74, 6) is -0.378. The highest BCUT2D eigenvalue weighted by Crippen LogP contribution is 2.22. The second-order valence-electron chi connectivity index (χ2n) is 4.43. The van der Waals surface area contributed by atoms with Crippen LogP contribution in [0.3, 0.4) is 0 Å². The Morgan fingerprint density at radius 1 is 1.35 bits per heavy atom. The molecule has 2 rings (SSSR count). The van der Waals surface area contributed by atoms with Gasteiger partial charge in [0.1, 0.15) is 6.33 Å². The summed E-state index contributed by atoms with van der Waals surface area (Å²) in [6.45, 7) is -0.164. The quantitative estimate of drug-likeness (QED) is 0.842. The van der Waals surface area contributed by atoms with E-state index >= 15 is 0 Å². The first kappa shape index (κ1) is 14.6. The van der Waals surface area contributed by atoms with Crippen LogP contribution in [0.1, 0.15) is 17.2 Å². The van der Waals surface area contributed by atoms with E-state index in [2.05, 4.69) is 9.97 Å². The molecule has 0 aliphatic carbocycles. The maximum atomic E-state index is 12.0. The van der Waals surface area contributed by atoms with E-state index in [9.17, 15) is 13.5 Å². The molecule has 0 fully saturated rings. The fraction of sp³-hybridized carbons (Fsp3) is 0.333. The van der Waals surface area contributed by atoms with Crippen molar-refractivity contribution >= 4 is 10.2 Å². The molecule has 0 aliphatic rings. The minimum Gasteiger partial charge on any atom is -0.395 e. The second kappa shape index (κ2) is 5.70. The third-order valence-corrected chi connectivity index (χ3v) is 4.61. The average Bonchev–Trinajstić information content (AvgIpc) is 2.91. The highest BCUT2D eigenvalue weighted by Gasteiger charge is 2.21. The molecule has 1 N–H and O–H groups in total. The molecule has 2 aromatic heterocycles. The van der Waals surface area contributed by atoms with Crippen molar-refractivity contribution in [3.63, 3.8) is 0 Å². The highest BCUT2D eigenvalue weighted by atomic mass is 32.2. The van der Waals surface area contributed by atoms with E-state index in [0.717, 1.165) is 13.8 Å². The third-order valence-electron chi connectivity index (χ3n) is 2.96. The lowest BCUT2D eigenvalue weighted by Gasteiger charge is -2.12. The van der Waals surface area contributed by atoms with E-state index in [4.69, 9.17) is 0 Å². The zero-order valence-corrected chi connectivity index (χ0v) is 12.0. The maximum Gasteiger partial charge on any atom is 0.308 e. The van der Waals surface area contributed by atoms with Gasteiger partial charge in [0, 0.05) is 32.7 Å². The van der Waals surface area contributed by atoms with Crippen molar-refractivity contribution in [3.05, 3.63) is 48.3 Å². The van der Waals surface area contributed by atoms with Gasteiger partial charge in [0.05, 0.1) is 18.2 Å². The summed E-state index contributed by atoms with van der Waals surface area (Å²) in [7, 11) is -0.695. The standard InChI is InChI=1S/C12H16N4O3S/c1-15(2)20(18,19)16-7-12(14-9-16)11(8-17)10-3-5-13-6-4-10/h3-7,9,11,17H,8H2,1-2H3. The summed E-state index contributed by atoms with van der Waals surface area (Å²) >= 11 is 0. The second-order valence-corrected chi connectivity index (χ2v) is 6.48. The zero-order valence-electron chi connectivity index (χ0n) is 11.2. The van der Waals surface area contributed by atoms with Crippen LogP contribution >= 0.6 is 0 Å². The Hall–Kier alpha value is -1.77. The molecule has 0 amide bonds. The summed E-state index contributed by atoms with van der Waals surface area (Å²) in [6.07, 6.45) is 5.88. The molecule has 1 unspecified atom stereocenters. The van der Waals surface area contributed by atoms with Crippen LogP contribution in [-0.2, 0) is 10.2 Å². The number of rotatable bonds is 5. The Morgan fingerprint density at radius 3 is 2.55 bits per heavy atom. The molecule has 108 valence electrons. The molecule has 0 aliphatic heterocycles. The van der Waals surface area contributed by atoms with Gasteiger partial charge in [-0.15, -0.1) is 0 Å². The van der Waals surface area contributed by atoms with E-state index < -0.39 is 10.2 Å². The van der Waals surface area contributed by atoms with Gasteiger partial charge in [-0.2, -0.15) is 12.7 Å². The van der Waals surface area contributed by atoms with Crippen LogP contribution in [0, 0.1) is 0 Å². The topological polar surface area (TPSA) is 88.3 Å². The summed E-state index contributed by atoms with van der Waals surface area (Å²) in [4.78, 5) is 8.00. The number of pyridine rings is 1. The van der Waals surface area contributed by atoms with Gasteiger partial charge in [-0.25, -0.2) is 8.96 Å². The first-order valence-corrected chi connectivity index (χ1v) is 7.34. The highest BCUT2D eigenvalue weighted by molar-refractivity contribution is 7.87. The number of aliphatic hydroxyl groups is 1. The van der Waals surface area contributed by atoms with Crippen LogP contribution in [0.2, 0.25) is 0 Å². The van der Waals surface area contributed by atoms with Gasteiger partial charge in [0.2, 0.25) is 0 Å². The smallest absolute Gasteiger partial charge is 0.308 e. The van der Waals surface area contributed by atoms with Gasteiger partial charge in [-0.1, -0.05) is 0 Å². The van der Waals surface area contributed by atoms with E-state index in [0.29, 0.717) is 5.69 Å². The molecule has 0 radical (unpaired) electrons. The molecular weight excluding hydrogens is 280 g/mol. The third kappa shape index (κ3) is 2.72. The van der Waals surface area contributed by atoms with Gasteiger partial charge in [-0.3, -0.25) is 4.98 Å². The first-order valence-electron chi connectivity index (χ1n) is 5.94. The Bertz CT molecular complexity index is 667. The number of imidazole rings is 1. The number of aromatic nitrogens is 3. The van der Waals surface area contributed by atoms with Crippen molar-refractivity contribution in [1.82, 2.24) is 18.2 Å². The molecule has 2 heterocycles. The number of aliphatic hydroxyl groups excluding tert-OH is 1. The number of nitrogens with zero attached hydrogens (tertiary/aromatic N) is 4. The van der Waals surface area contributed by atoms with E-state index in [1.165, 1.54) is 26.6 Å². The predicted octanol–water partition coefficient (Wildman–Crippen LogP) is 0.0568. The van der Waals surface area contributed by atoms with Crippen LogP contribution in [0.4, 0.5) is 0 Å². The average molecular weight is 296 g/mol. The Labute approximate surface area is 117 Å². The van der Waals surface area contributed by atoms with Crippen molar-refractivity contribution in [1.29, 1.82) is 0 Å². The summed E-state index contributed by atoms with van der Waals surface area (Å²) < 4.78 is 26.1. The van der Waals surface area contributed by atoms with Gasteiger partial charge >= 0.3 is 10.2 Å². The molecule has 0 aromatic carbocycles. The van der Waals surface area contributed by atoms with Crippen molar-refractivity contribution in [2.24, 2.45) is 0 Å². The summed E-state index contributed by atoms with van der Waals surface area (Å²) in [5, 5.41) is 9.52. The van der Waals surface area contributed by atoms with Crippen LogP contribution < -0.4 is 0 Å². The lowest BCUT2D eigenvalue weighted by molar-refractivity contribution is 0.279. The van der Waals surface area contributed by atoms with Crippen LogP contribution in [0.15, 0.2) is 37.1 Å². The fourth-order valence-corrected chi connectivity index (χ4v) is 2.57. The SMILES string of the molecule is CN(C)S(=O)(=O)n1cnc(C(CO)c2ccncc2)c1. The van der Waals surface area contributed by atoms with Gasteiger partial charge < -0.3 is 5.11 Å². The first-order chi connectivity index (χ1) is 9.46. The van der Waals surface area contributed by atoms with Gasteiger partial charge in [0.15, 0.2) is 0 Å². The fourth-order valence-electron chi connectivity index (χ4n) is 1.78. The molecule has 2 aromatic rings. The molecule has 0 saturated carbocycles. The molecule has 0 spiro atoms. The van der Waals surface area contributed by atoms with Crippen LogP contribution in [0.25, 0.3) is 0 Å². The minimum absolute atomic E-state index is 0.164. The van der Waals surface area contributed by atoms with Gasteiger partial charge in [0.25, 0.3) is 0 Å². The van der Waals surface area contributed by atoms with Gasteiger partial charge in [-0.05, 0) is 17.7 Å². The Morgan fingerprint density at radius 2 is 2.00 bits per heavy atom. The molecule has 20 heavy (non-hydrogen) atoms. The lowest BCUT2D eigenvalue weighted by Crippen LogP contribution is -2.27. The normalized spacial score (nSPS) is 13.6. The van der Waals surface area contributed by atoms with E-state index in [-0.39, 0.29) is 12.5 Å². The molecule has 1 atom stereocenters. The molecule has 8 heteroatoms. The van der Waals surface area contributed by atoms with Crippen LogP contribution in [-0.4, -0.2) is 52.5 Å². The predicted molar refractivity (Wildman–Crippen MR) is 73.4 cm³/mol. The molecule has 0 saturated heterocycles. The number of hydrogen-bond acceptors (Lipinski definition) is 5. The van der Waals surface area contributed by atoms with E-state index in [1.807, 2.05) is 0 Å². The Kier molecular flexibility index (Phi) is 4.17. The molecule has 7 nitrogen and oxygen atoms in total. The number of hydrogen-bond donors (Lipinski definition) is 1. The minimum atomic E-state index is -3.59. The largest absolute Gasteiger partial charge is 0.395 e. The molecule has 0 bridgehead atoms. The summed E-state index contributed by atoms with van der Waals surface area (Å²) in [6, 6.07) is 3.53.